The van der Waals surface area contributed by atoms with Gasteiger partial charge < -0.3 is 9.64 Å². The summed E-state index contributed by atoms with van der Waals surface area (Å²) in [6, 6.07) is 0. The number of rotatable bonds is 3. The first-order chi connectivity index (χ1) is 8.20. The van der Waals surface area contributed by atoms with Crippen molar-refractivity contribution in [2.45, 2.75) is 19.8 Å². The Morgan fingerprint density at radius 2 is 2.24 bits per heavy atom. The molecule has 0 unspecified atom stereocenters. The minimum atomic E-state index is -0.0785. The first-order valence-corrected chi connectivity index (χ1v) is 5.88. The molecule has 17 heavy (non-hydrogen) atoms. The lowest BCUT2D eigenvalue weighted by Gasteiger charge is -2.30. The van der Waals surface area contributed by atoms with Gasteiger partial charge in [0.05, 0.1) is 0 Å². The van der Waals surface area contributed by atoms with Crippen LogP contribution < -0.4 is 0 Å². The van der Waals surface area contributed by atoms with Crippen molar-refractivity contribution < 1.29 is 9.53 Å². The molecule has 1 N–H and O–H groups in total. The van der Waals surface area contributed by atoms with E-state index < -0.39 is 0 Å². The molecular formula is C11H18N4O2. The third kappa shape index (κ3) is 2.82. The van der Waals surface area contributed by atoms with Crippen molar-refractivity contribution in [3.63, 3.8) is 0 Å². The van der Waals surface area contributed by atoms with Crippen molar-refractivity contribution in [3.8, 4) is 0 Å². The van der Waals surface area contributed by atoms with Gasteiger partial charge in [-0.05, 0) is 25.7 Å². The van der Waals surface area contributed by atoms with E-state index in [4.69, 9.17) is 4.74 Å². The number of hydrogen-bond acceptors (Lipinski definition) is 4. The fourth-order valence-corrected chi connectivity index (χ4v) is 2.12. The largest absolute Gasteiger partial charge is 0.384 e. The Hall–Kier alpha value is -1.43. The van der Waals surface area contributed by atoms with Gasteiger partial charge in [-0.25, -0.2) is 4.98 Å². The van der Waals surface area contributed by atoms with E-state index >= 15 is 0 Å². The topological polar surface area (TPSA) is 71.1 Å². The molecule has 94 valence electrons. The molecule has 1 saturated heterocycles. The Morgan fingerprint density at radius 1 is 1.53 bits per heavy atom. The van der Waals surface area contributed by atoms with Crippen LogP contribution in [0.5, 0.6) is 0 Å². The third-order valence-electron chi connectivity index (χ3n) is 3.09. The Bertz CT molecular complexity index is 383. The number of nitrogens with zero attached hydrogens (tertiary/aromatic N) is 3. The molecule has 0 aliphatic carbocycles. The maximum atomic E-state index is 12.0. The zero-order valence-electron chi connectivity index (χ0n) is 10.3. The minimum Gasteiger partial charge on any atom is -0.384 e. The van der Waals surface area contributed by atoms with Gasteiger partial charge in [-0.3, -0.25) is 9.89 Å². The molecule has 1 aliphatic rings. The molecule has 1 amide bonds. The SMILES string of the molecule is COCC1CCN(C(=O)c2n[nH]c(C)n2)CC1. The maximum absolute atomic E-state index is 12.0. The van der Waals surface area contributed by atoms with E-state index in [-0.39, 0.29) is 11.7 Å². The quantitative estimate of drug-likeness (QED) is 0.837. The number of carbonyl (C=O) groups is 1. The minimum absolute atomic E-state index is 0.0785. The van der Waals surface area contributed by atoms with Crippen LogP contribution in [0.3, 0.4) is 0 Å². The maximum Gasteiger partial charge on any atom is 0.293 e. The number of hydrogen-bond donors (Lipinski definition) is 1. The number of ether oxygens (including phenoxy) is 1. The van der Waals surface area contributed by atoms with Crippen molar-refractivity contribution in [1.29, 1.82) is 0 Å². The average molecular weight is 238 g/mol. The number of aromatic nitrogens is 3. The highest BCUT2D eigenvalue weighted by Gasteiger charge is 2.25. The molecule has 0 bridgehead atoms. The fourth-order valence-electron chi connectivity index (χ4n) is 2.12. The standard InChI is InChI=1S/C11H18N4O2/c1-8-12-10(14-13-8)11(16)15-5-3-9(4-6-15)7-17-2/h9H,3-7H2,1-2H3,(H,12,13,14). The van der Waals surface area contributed by atoms with Crippen LogP contribution in [-0.2, 0) is 4.74 Å². The molecule has 6 heteroatoms. The summed E-state index contributed by atoms with van der Waals surface area (Å²) >= 11 is 0. The number of methoxy groups -OCH3 is 1. The van der Waals surface area contributed by atoms with Gasteiger partial charge in [0.25, 0.3) is 5.91 Å². The van der Waals surface area contributed by atoms with Crippen LogP contribution in [0.4, 0.5) is 0 Å². The summed E-state index contributed by atoms with van der Waals surface area (Å²) in [6.45, 7) is 4.09. The number of aryl methyl sites for hydroxylation is 1. The van der Waals surface area contributed by atoms with Gasteiger partial charge in [0, 0.05) is 26.8 Å². The predicted molar refractivity (Wildman–Crippen MR) is 61.6 cm³/mol. The monoisotopic (exact) mass is 238 g/mol. The van der Waals surface area contributed by atoms with E-state index in [1.807, 2.05) is 4.90 Å². The lowest BCUT2D eigenvalue weighted by atomic mass is 9.98. The van der Waals surface area contributed by atoms with Crippen molar-refractivity contribution in [3.05, 3.63) is 11.6 Å². The number of piperidine rings is 1. The van der Waals surface area contributed by atoms with E-state index in [1.54, 1.807) is 14.0 Å². The van der Waals surface area contributed by atoms with Gasteiger partial charge in [-0.2, -0.15) is 0 Å². The number of H-pyrrole nitrogens is 1. The predicted octanol–water partition coefficient (Wildman–Crippen LogP) is 0.612. The number of carbonyl (C=O) groups excluding carboxylic acids is 1. The van der Waals surface area contributed by atoms with Crippen molar-refractivity contribution in [2.24, 2.45) is 5.92 Å². The number of aromatic amines is 1. The lowest BCUT2D eigenvalue weighted by Crippen LogP contribution is -2.39. The zero-order valence-corrected chi connectivity index (χ0v) is 10.3. The summed E-state index contributed by atoms with van der Waals surface area (Å²) in [5.41, 5.74) is 0. The molecule has 2 rings (SSSR count). The first-order valence-electron chi connectivity index (χ1n) is 5.88. The summed E-state index contributed by atoms with van der Waals surface area (Å²) < 4.78 is 5.13. The van der Waals surface area contributed by atoms with Crippen LogP contribution in [0.2, 0.25) is 0 Å². The van der Waals surface area contributed by atoms with E-state index in [1.165, 1.54) is 0 Å². The zero-order chi connectivity index (χ0) is 12.3. The molecular weight excluding hydrogens is 220 g/mol. The first kappa shape index (κ1) is 12.0. The van der Waals surface area contributed by atoms with Crippen molar-refractivity contribution in [1.82, 2.24) is 20.1 Å². The number of likely N-dealkylation sites (tertiary alicyclic amines) is 1. The Balaban J connectivity index is 1.90. The van der Waals surface area contributed by atoms with Crippen molar-refractivity contribution >= 4 is 5.91 Å². The summed E-state index contributed by atoms with van der Waals surface area (Å²) in [5, 5.41) is 6.58. The van der Waals surface area contributed by atoms with E-state index in [9.17, 15) is 4.79 Å². The molecule has 0 atom stereocenters. The fraction of sp³-hybridized carbons (Fsp3) is 0.727. The summed E-state index contributed by atoms with van der Waals surface area (Å²) in [6.07, 6.45) is 1.98. The van der Waals surface area contributed by atoms with E-state index in [2.05, 4.69) is 15.2 Å². The van der Waals surface area contributed by atoms with Gasteiger partial charge in [-0.15, -0.1) is 5.10 Å². The van der Waals surface area contributed by atoms with Gasteiger partial charge in [0.2, 0.25) is 5.82 Å². The summed E-state index contributed by atoms with van der Waals surface area (Å²) in [4.78, 5) is 17.9. The molecule has 0 aromatic carbocycles. The van der Waals surface area contributed by atoms with Gasteiger partial charge in [0.15, 0.2) is 0 Å². The van der Waals surface area contributed by atoms with Crippen LogP contribution in [-0.4, -0.2) is 52.8 Å². The molecule has 1 fully saturated rings. The summed E-state index contributed by atoms with van der Waals surface area (Å²) in [7, 11) is 1.72. The highest BCUT2D eigenvalue weighted by Crippen LogP contribution is 2.18. The number of amides is 1. The average Bonchev–Trinajstić information content (AvgIpc) is 2.76. The van der Waals surface area contributed by atoms with E-state index in [0.29, 0.717) is 11.7 Å². The molecule has 2 heterocycles. The molecule has 0 radical (unpaired) electrons. The van der Waals surface area contributed by atoms with Crippen LogP contribution >= 0.6 is 0 Å². The van der Waals surface area contributed by atoms with Crippen LogP contribution in [0.25, 0.3) is 0 Å². The molecule has 1 aromatic rings. The van der Waals surface area contributed by atoms with Gasteiger partial charge in [0.1, 0.15) is 5.82 Å². The highest BCUT2D eigenvalue weighted by molar-refractivity contribution is 5.90. The van der Waals surface area contributed by atoms with Crippen LogP contribution in [0, 0.1) is 12.8 Å². The Morgan fingerprint density at radius 3 is 2.76 bits per heavy atom. The highest BCUT2D eigenvalue weighted by atomic mass is 16.5. The molecule has 1 aliphatic heterocycles. The van der Waals surface area contributed by atoms with Gasteiger partial charge >= 0.3 is 0 Å². The molecule has 0 saturated carbocycles. The summed E-state index contributed by atoms with van der Waals surface area (Å²) in [5.74, 6) is 1.43. The van der Waals surface area contributed by atoms with Crippen LogP contribution in [0.1, 0.15) is 29.3 Å². The van der Waals surface area contributed by atoms with Gasteiger partial charge in [-0.1, -0.05) is 0 Å². The second kappa shape index (κ2) is 5.27. The second-order valence-electron chi connectivity index (χ2n) is 4.44. The lowest BCUT2D eigenvalue weighted by molar-refractivity contribution is 0.0603. The normalized spacial score (nSPS) is 17.4. The molecule has 0 spiro atoms. The van der Waals surface area contributed by atoms with Crippen molar-refractivity contribution in [2.75, 3.05) is 26.8 Å². The smallest absolute Gasteiger partial charge is 0.293 e. The molecule has 6 nitrogen and oxygen atoms in total. The Labute approximate surface area is 100 Å². The van der Waals surface area contributed by atoms with E-state index in [0.717, 1.165) is 32.5 Å². The molecule has 1 aromatic heterocycles. The Kier molecular flexibility index (Phi) is 3.73. The third-order valence-corrected chi connectivity index (χ3v) is 3.09. The number of nitrogens with one attached hydrogen (secondary N) is 1. The second-order valence-corrected chi connectivity index (χ2v) is 4.44. The van der Waals surface area contributed by atoms with Crippen LogP contribution in [0.15, 0.2) is 0 Å².